The molecular formula is C48H40N6+4. The zero-order chi connectivity index (χ0) is 36.1. The summed E-state index contributed by atoms with van der Waals surface area (Å²) in [6, 6.07) is 51.3. The van der Waals surface area contributed by atoms with Crippen molar-refractivity contribution in [2.75, 3.05) is 0 Å². The predicted octanol–water partition coefficient (Wildman–Crippen LogP) is 7.46. The normalized spacial score (nSPS) is 11.3. The van der Waals surface area contributed by atoms with Crippen LogP contribution in [0.15, 0.2) is 195 Å². The molecule has 0 radical (unpaired) electrons. The summed E-state index contributed by atoms with van der Waals surface area (Å²) in [4.78, 5) is 10.0. The molecule has 0 spiro atoms. The first-order valence-corrected chi connectivity index (χ1v) is 18.4. The molecule has 0 amide bonds. The minimum Gasteiger partial charge on any atom is -0.245 e. The average molecular weight is 701 g/mol. The van der Waals surface area contributed by atoms with E-state index in [-0.39, 0.29) is 0 Å². The van der Waals surface area contributed by atoms with Crippen LogP contribution < -0.4 is 18.3 Å². The smallest absolute Gasteiger partial charge is 0.173 e. The second kappa shape index (κ2) is 15.0. The van der Waals surface area contributed by atoms with Gasteiger partial charge in [0.05, 0.1) is 22.1 Å². The molecule has 9 aromatic rings. The Labute approximate surface area is 315 Å². The van der Waals surface area contributed by atoms with Crippen molar-refractivity contribution >= 4 is 22.1 Å². The summed E-state index contributed by atoms with van der Waals surface area (Å²) in [6.07, 6.45) is 17.2. The highest BCUT2D eigenvalue weighted by Gasteiger charge is 2.12. The van der Waals surface area contributed by atoms with Crippen LogP contribution in [0, 0.1) is 0 Å². The summed E-state index contributed by atoms with van der Waals surface area (Å²) in [7, 11) is 0. The van der Waals surface area contributed by atoms with E-state index in [1.807, 2.05) is 0 Å². The number of pyridine rings is 4. The van der Waals surface area contributed by atoms with E-state index in [9.17, 15) is 0 Å². The molecule has 0 saturated carbocycles. The van der Waals surface area contributed by atoms with E-state index in [0.717, 1.165) is 48.2 Å². The highest BCUT2D eigenvalue weighted by Crippen LogP contribution is 2.21. The van der Waals surface area contributed by atoms with Crippen molar-refractivity contribution in [2.24, 2.45) is 0 Å². The molecule has 0 unspecified atom stereocenters. The fourth-order valence-electron chi connectivity index (χ4n) is 6.99. The van der Waals surface area contributed by atoms with Gasteiger partial charge in [-0.25, -0.2) is 28.2 Å². The van der Waals surface area contributed by atoms with Gasteiger partial charge in [0.15, 0.2) is 75.8 Å². The zero-order valence-corrected chi connectivity index (χ0v) is 30.0. The van der Waals surface area contributed by atoms with E-state index in [1.54, 1.807) is 0 Å². The molecule has 0 N–H and O–H groups in total. The van der Waals surface area contributed by atoms with Crippen LogP contribution in [0.5, 0.6) is 0 Å². The monoisotopic (exact) mass is 700 g/mol. The van der Waals surface area contributed by atoms with Crippen LogP contribution in [-0.2, 0) is 26.2 Å². The first kappa shape index (κ1) is 33.0. The van der Waals surface area contributed by atoms with Crippen LogP contribution in [0.3, 0.4) is 0 Å². The van der Waals surface area contributed by atoms with Crippen molar-refractivity contribution in [1.82, 2.24) is 9.97 Å². The highest BCUT2D eigenvalue weighted by molar-refractivity contribution is 5.86. The first-order valence-electron chi connectivity index (χ1n) is 18.4. The van der Waals surface area contributed by atoms with Gasteiger partial charge in [0.1, 0.15) is 0 Å². The van der Waals surface area contributed by atoms with Gasteiger partial charge in [-0.15, -0.1) is 0 Å². The van der Waals surface area contributed by atoms with Gasteiger partial charge in [-0.3, -0.25) is 0 Å². The molecule has 5 heterocycles. The molecule has 6 nitrogen and oxygen atoms in total. The molecule has 54 heavy (non-hydrogen) atoms. The van der Waals surface area contributed by atoms with Gasteiger partial charge in [0.25, 0.3) is 0 Å². The maximum Gasteiger partial charge on any atom is 0.173 e. The standard InChI is InChI=1S/C48H40N6/c1-3-7-37(8-4-1)33-51-23-15-41(16-24-51)43-19-27-53(28-20-43)35-39-11-13-45-47(31-39)50-48-32-40(12-14-46(48)49-45)36-54-29-21-44(22-30-54)42-17-25-52(26-18-42)34-38-9-5-2-6-10-38/h1-32H,33-36H2/q+4. The number of rotatable bonds is 10. The second-order valence-corrected chi connectivity index (χ2v) is 13.9. The fraction of sp³-hybridized carbons (Fsp3) is 0.0833. The quantitative estimate of drug-likeness (QED) is 0.110. The van der Waals surface area contributed by atoms with Gasteiger partial charge in [0, 0.05) is 70.8 Å². The molecule has 9 rings (SSSR count). The predicted molar refractivity (Wildman–Crippen MR) is 211 cm³/mol. The lowest BCUT2D eigenvalue weighted by Gasteiger charge is -2.06. The zero-order valence-electron chi connectivity index (χ0n) is 30.0. The molecule has 5 aromatic heterocycles. The van der Waals surface area contributed by atoms with Gasteiger partial charge in [0.2, 0.25) is 0 Å². The lowest BCUT2D eigenvalue weighted by Crippen LogP contribution is -2.33. The van der Waals surface area contributed by atoms with Crippen molar-refractivity contribution < 1.29 is 18.3 Å². The van der Waals surface area contributed by atoms with Crippen molar-refractivity contribution in [3.8, 4) is 22.3 Å². The lowest BCUT2D eigenvalue weighted by atomic mass is 10.1. The Hall–Kier alpha value is -6.92. The van der Waals surface area contributed by atoms with E-state index in [2.05, 4.69) is 213 Å². The van der Waals surface area contributed by atoms with Crippen molar-refractivity contribution in [2.45, 2.75) is 26.2 Å². The Kier molecular flexibility index (Phi) is 9.14. The first-order chi connectivity index (χ1) is 26.7. The van der Waals surface area contributed by atoms with Crippen LogP contribution in [0.4, 0.5) is 0 Å². The molecule has 4 aromatic carbocycles. The third kappa shape index (κ3) is 7.64. The topological polar surface area (TPSA) is 41.3 Å². The second-order valence-electron chi connectivity index (χ2n) is 13.9. The number of aromatic nitrogens is 6. The number of fused-ring (bicyclic) bond motifs is 2. The van der Waals surface area contributed by atoms with Crippen molar-refractivity contribution in [3.63, 3.8) is 0 Å². The van der Waals surface area contributed by atoms with Crippen LogP contribution >= 0.6 is 0 Å². The van der Waals surface area contributed by atoms with Gasteiger partial charge in [-0.2, -0.15) is 0 Å². The molecule has 6 heteroatoms. The van der Waals surface area contributed by atoms with E-state index < -0.39 is 0 Å². The lowest BCUT2D eigenvalue weighted by molar-refractivity contribution is -0.688. The van der Waals surface area contributed by atoms with Crippen LogP contribution in [0.25, 0.3) is 44.3 Å². The molecule has 0 aliphatic heterocycles. The van der Waals surface area contributed by atoms with E-state index in [1.165, 1.54) is 44.5 Å². The van der Waals surface area contributed by atoms with Gasteiger partial charge in [-0.05, 0) is 46.5 Å². The molecule has 0 fully saturated rings. The van der Waals surface area contributed by atoms with Crippen LogP contribution in [0.1, 0.15) is 22.3 Å². The van der Waals surface area contributed by atoms with Crippen molar-refractivity contribution in [1.29, 1.82) is 0 Å². The summed E-state index contributed by atoms with van der Waals surface area (Å²) in [6.45, 7) is 3.24. The van der Waals surface area contributed by atoms with E-state index >= 15 is 0 Å². The van der Waals surface area contributed by atoms with Crippen LogP contribution in [-0.4, -0.2) is 9.97 Å². The highest BCUT2D eigenvalue weighted by atomic mass is 14.9. The molecular weight excluding hydrogens is 661 g/mol. The van der Waals surface area contributed by atoms with Gasteiger partial charge in [-0.1, -0.05) is 72.8 Å². The minimum absolute atomic E-state index is 0.755. The Morgan fingerprint density at radius 1 is 0.278 bits per heavy atom. The van der Waals surface area contributed by atoms with E-state index in [4.69, 9.17) is 9.97 Å². The molecule has 0 bridgehead atoms. The summed E-state index contributed by atoms with van der Waals surface area (Å²) in [5.74, 6) is 0. The van der Waals surface area contributed by atoms with Crippen LogP contribution in [0.2, 0.25) is 0 Å². The minimum atomic E-state index is 0.755. The fourth-order valence-corrected chi connectivity index (χ4v) is 6.99. The molecule has 258 valence electrons. The molecule has 0 aliphatic rings. The van der Waals surface area contributed by atoms with Crippen molar-refractivity contribution in [3.05, 3.63) is 217 Å². The number of hydrogen-bond acceptors (Lipinski definition) is 2. The maximum absolute atomic E-state index is 5.07. The Morgan fingerprint density at radius 2 is 0.574 bits per heavy atom. The summed E-state index contributed by atoms with van der Waals surface area (Å²) < 4.78 is 8.83. The number of benzene rings is 4. The Balaban J connectivity index is 0.855. The average Bonchev–Trinajstić information content (AvgIpc) is 3.22. The van der Waals surface area contributed by atoms with E-state index in [0.29, 0.717) is 0 Å². The summed E-state index contributed by atoms with van der Waals surface area (Å²) in [5.41, 5.74) is 13.4. The Bertz CT molecular complexity index is 2470. The third-order valence-electron chi connectivity index (χ3n) is 9.94. The molecule has 0 saturated heterocycles. The summed E-state index contributed by atoms with van der Waals surface area (Å²) >= 11 is 0. The molecule has 0 aliphatic carbocycles. The Morgan fingerprint density at radius 3 is 0.907 bits per heavy atom. The maximum atomic E-state index is 5.07. The number of nitrogens with zero attached hydrogens (tertiary/aromatic N) is 6. The van der Waals surface area contributed by atoms with Gasteiger partial charge < -0.3 is 0 Å². The summed E-state index contributed by atoms with van der Waals surface area (Å²) in [5, 5.41) is 0. The third-order valence-corrected chi connectivity index (χ3v) is 9.94. The molecule has 0 atom stereocenters. The largest absolute Gasteiger partial charge is 0.245 e. The SMILES string of the molecule is c1ccc(C[n+]2ccc(-c3cc[n+](Cc4ccc5nc6ccc(C[n+]7ccc(-c8cc[n+](Cc9ccccc9)cc8)cc7)cc6nc5c4)cc3)cc2)cc1. The number of hydrogen-bond donors (Lipinski definition) is 0. The van der Waals surface area contributed by atoms with Gasteiger partial charge >= 0.3 is 0 Å².